The molecule has 0 saturated heterocycles. The van der Waals surface area contributed by atoms with Gasteiger partial charge in [-0.2, -0.15) is 15.6 Å². The average Bonchev–Trinajstić information content (AvgIpc) is 2.65. The van der Waals surface area contributed by atoms with E-state index in [4.69, 9.17) is 5.21 Å². The van der Waals surface area contributed by atoms with Crippen molar-refractivity contribution in [2.24, 2.45) is 5.10 Å². The lowest BCUT2D eigenvalue weighted by Gasteiger charge is -2.27. The Kier molecular flexibility index (Phi) is 7.55. The maximum Gasteiger partial charge on any atom is 0.195 e. The van der Waals surface area contributed by atoms with Crippen LogP contribution in [-0.2, 0) is 0 Å². The maximum atomic E-state index is 11.5. The van der Waals surface area contributed by atoms with Gasteiger partial charge in [0.1, 0.15) is 5.69 Å². The molecule has 0 heterocycles. The molecule has 2 aliphatic rings. The van der Waals surface area contributed by atoms with Crippen molar-refractivity contribution < 1.29 is 20.9 Å². The van der Waals surface area contributed by atoms with Crippen molar-refractivity contribution in [2.45, 2.75) is 70.6 Å². The van der Waals surface area contributed by atoms with Gasteiger partial charge in [0.2, 0.25) is 0 Å². The van der Waals surface area contributed by atoms with E-state index in [1.165, 1.54) is 74.6 Å². The van der Waals surface area contributed by atoms with Crippen LogP contribution in [0.5, 0.6) is 0 Å². The Hall–Kier alpha value is -1.81. The normalized spacial score (nSPS) is 22.5. The third-order valence-corrected chi connectivity index (χ3v) is 5.62. The zero-order chi connectivity index (χ0) is 19.9. The van der Waals surface area contributed by atoms with Crippen molar-refractivity contribution in [3.05, 3.63) is 39.8 Å². The summed E-state index contributed by atoms with van der Waals surface area (Å²) in [6.07, 6.45) is 13.3. The van der Waals surface area contributed by atoms with Gasteiger partial charge in [0.25, 0.3) is 0 Å². The van der Waals surface area contributed by atoms with Gasteiger partial charge >= 0.3 is 0 Å². The molecular weight excluding hydrogens is 360 g/mol. The Balaban J connectivity index is 1.72. The Morgan fingerprint density at radius 1 is 0.857 bits per heavy atom. The molecule has 8 nitrogen and oxygen atoms in total. The number of nitrogens with one attached hydrogen (secondary N) is 3. The van der Waals surface area contributed by atoms with E-state index in [0.29, 0.717) is 5.69 Å². The lowest BCUT2D eigenvalue weighted by molar-refractivity contribution is -0.996. The van der Waals surface area contributed by atoms with E-state index in [-0.39, 0.29) is 11.4 Å². The topological polar surface area (TPSA) is 120 Å². The van der Waals surface area contributed by atoms with Crippen molar-refractivity contribution in [1.82, 2.24) is 0 Å². The first kappa shape index (κ1) is 20.9. The number of rotatable bonds is 4. The lowest BCUT2D eigenvalue weighted by atomic mass is 9.80. The molecule has 5 N–H and O–H groups in total. The number of allylic oxidation sites excluding steroid dienone is 2. The molecule has 3 rings (SSSR count). The van der Waals surface area contributed by atoms with Gasteiger partial charge in [-0.25, -0.2) is 10.4 Å². The summed E-state index contributed by atoms with van der Waals surface area (Å²) < 4.78 is 0. The van der Waals surface area contributed by atoms with Gasteiger partial charge in [-0.05, 0) is 37.3 Å². The predicted molar refractivity (Wildman–Crippen MR) is 107 cm³/mol. The van der Waals surface area contributed by atoms with E-state index >= 15 is 0 Å². The minimum atomic E-state index is -1.18. The number of nitrogens with zero attached hydrogens (tertiary/aromatic N) is 1. The van der Waals surface area contributed by atoms with Gasteiger partial charge in [0, 0.05) is 12.5 Å². The van der Waals surface area contributed by atoms with Gasteiger partial charge in [0.15, 0.2) is 11.4 Å². The van der Waals surface area contributed by atoms with Crippen LogP contribution < -0.4 is 15.9 Å². The summed E-state index contributed by atoms with van der Waals surface area (Å²) in [6.45, 7) is 0. The minimum Gasteiger partial charge on any atom is -0.595 e. The van der Waals surface area contributed by atoms with Crippen LogP contribution in [0, 0.1) is 10.4 Å². The van der Waals surface area contributed by atoms with E-state index in [0.717, 1.165) is 31.0 Å². The molecule has 0 aliphatic heterocycles. The van der Waals surface area contributed by atoms with Gasteiger partial charge in [-0.3, -0.25) is 5.43 Å². The third-order valence-electron chi connectivity index (χ3n) is 5.62. The highest BCUT2D eigenvalue weighted by molar-refractivity contribution is 6.09. The predicted octanol–water partition coefficient (Wildman–Crippen LogP) is 2.88. The summed E-state index contributed by atoms with van der Waals surface area (Å²) in [5.41, 5.74) is 6.88. The van der Waals surface area contributed by atoms with Crippen molar-refractivity contribution in [1.29, 1.82) is 0 Å². The van der Waals surface area contributed by atoms with Crippen LogP contribution in [0.15, 0.2) is 34.4 Å². The number of hydrazone groups is 1. The van der Waals surface area contributed by atoms with Gasteiger partial charge in [0.05, 0.1) is 11.8 Å². The maximum absolute atomic E-state index is 11.5. The fourth-order valence-electron chi connectivity index (χ4n) is 3.96. The van der Waals surface area contributed by atoms with Crippen molar-refractivity contribution in [2.75, 3.05) is 5.43 Å². The Labute approximate surface area is 165 Å². The summed E-state index contributed by atoms with van der Waals surface area (Å²) in [7, 11) is 0. The smallest absolute Gasteiger partial charge is 0.195 e. The first-order valence-corrected chi connectivity index (χ1v) is 10.2. The number of benzene rings is 1. The SMILES string of the molecule is [O-][NH+](O)c1ccc(N/N=C2\CC3=C2CCCCCCCCCC3)c([NH+]([O-])O)c1. The van der Waals surface area contributed by atoms with Crippen LogP contribution in [-0.4, -0.2) is 16.1 Å². The monoisotopic (exact) mass is 390 g/mol. The molecule has 1 aromatic carbocycles. The molecular formula is C20H30N4O4. The van der Waals surface area contributed by atoms with Crippen molar-refractivity contribution >= 4 is 22.8 Å². The second kappa shape index (κ2) is 10.1. The molecule has 8 heteroatoms. The summed E-state index contributed by atoms with van der Waals surface area (Å²) in [5, 5.41) is 43.1. The first-order valence-electron chi connectivity index (χ1n) is 10.2. The molecule has 0 saturated carbocycles. The van der Waals surface area contributed by atoms with E-state index in [1.54, 1.807) is 0 Å². The molecule has 2 aliphatic carbocycles. The summed E-state index contributed by atoms with van der Waals surface area (Å²) >= 11 is 0. The van der Waals surface area contributed by atoms with Crippen LogP contribution in [0.4, 0.5) is 17.1 Å². The fraction of sp³-hybridized carbons (Fsp3) is 0.550. The molecule has 154 valence electrons. The quantitative estimate of drug-likeness (QED) is 0.506. The van der Waals surface area contributed by atoms with Crippen molar-refractivity contribution in [3.8, 4) is 0 Å². The molecule has 0 radical (unpaired) electrons. The molecule has 0 bridgehead atoms. The zero-order valence-corrected chi connectivity index (χ0v) is 16.2. The average molecular weight is 390 g/mol. The van der Waals surface area contributed by atoms with Crippen LogP contribution in [0.3, 0.4) is 0 Å². The highest BCUT2D eigenvalue weighted by Crippen LogP contribution is 2.34. The van der Waals surface area contributed by atoms with E-state index in [1.807, 2.05) is 0 Å². The summed E-state index contributed by atoms with van der Waals surface area (Å²) in [4.78, 5) is 0. The van der Waals surface area contributed by atoms with E-state index in [9.17, 15) is 15.6 Å². The highest BCUT2D eigenvalue weighted by atomic mass is 16.8. The fourth-order valence-corrected chi connectivity index (χ4v) is 3.96. The zero-order valence-electron chi connectivity index (χ0n) is 16.2. The Bertz CT molecular complexity index is 731. The summed E-state index contributed by atoms with van der Waals surface area (Å²) in [5.74, 6) is 0. The lowest BCUT2D eigenvalue weighted by Crippen LogP contribution is -3.00. The van der Waals surface area contributed by atoms with Gasteiger partial charge < -0.3 is 10.4 Å². The molecule has 0 aromatic heterocycles. The number of quaternary nitrogens is 2. The van der Waals surface area contributed by atoms with E-state index in [2.05, 4.69) is 10.5 Å². The second-order valence-corrected chi connectivity index (χ2v) is 7.63. The van der Waals surface area contributed by atoms with Crippen molar-refractivity contribution in [3.63, 3.8) is 0 Å². The van der Waals surface area contributed by atoms with Crippen LogP contribution in [0.1, 0.15) is 70.6 Å². The Morgan fingerprint density at radius 2 is 1.50 bits per heavy atom. The largest absolute Gasteiger partial charge is 0.595 e. The Morgan fingerprint density at radius 3 is 2.14 bits per heavy atom. The standard InChI is InChI=1S/C20H30N4O4/c25-23(26)16-11-12-18(20(14-16)24(27)28)21-22-19-13-15-9-7-5-3-1-2-4-6-8-10-17(15)19/h11-12,14,21,23-25,27H,1-10,13H2/b22-19+. The molecule has 1 aromatic rings. The highest BCUT2D eigenvalue weighted by Gasteiger charge is 2.24. The van der Waals surface area contributed by atoms with Gasteiger partial charge in [-0.15, -0.1) is 0 Å². The van der Waals surface area contributed by atoms with Crippen LogP contribution >= 0.6 is 0 Å². The third kappa shape index (κ3) is 5.38. The summed E-state index contributed by atoms with van der Waals surface area (Å²) in [6, 6.07) is 4.01. The van der Waals surface area contributed by atoms with E-state index < -0.39 is 10.5 Å². The van der Waals surface area contributed by atoms with Gasteiger partial charge in [-0.1, -0.05) is 44.1 Å². The second-order valence-electron chi connectivity index (χ2n) is 7.63. The molecule has 2 unspecified atom stereocenters. The molecule has 0 amide bonds. The molecule has 28 heavy (non-hydrogen) atoms. The first-order chi connectivity index (χ1) is 13.6. The number of anilines is 1. The van der Waals surface area contributed by atoms with Crippen LogP contribution in [0.25, 0.3) is 0 Å². The number of hydrogen-bond acceptors (Lipinski definition) is 6. The molecule has 2 atom stereocenters. The van der Waals surface area contributed by atoms with Crippen LogP contribution in [0.2, 0.25) is 0 Å². The molecule has 0 fully saturated rings. The number of hydrogen-bond donors (Lipinski definition) is 5. The molecule has 0 spiro atoms. The minimum absolute atomic E-state index is 0.0523.